The van der Waals surface area contributed by atoms with Gasteiger partial charge >= 0.3 is 6.36 Å². The maximum absolute atomic E-state index is 12.0. The molecule has 0 saturated carbocycles. The van der Waals surface area contributed by atoms with E-state index in [0.29, 0.717) is 5.75 Å². The Morgan fingerprint density at radius 3 is 2.79 bits per heavy atom. The van der Waals surface area contributed by atoms with Crippen LogP contribution in [0.5, 0.6) is 5.75 Å². The van der Waals surface area contributed by atoms with E-state index in [1.165, 1.54) is 23.9 Å². The molecule has 0 radical (unpaired) electrons. The minimum atomic E-state index is -4.77. The summed E-state index contributed by atoms with van der Waals surface area (Å²) in [5, 5.41) is 2.43. The number of thioether (sulfide) groups is 1. The van der Waals surface area contributed by atoms with Crippen molar-refractivity contribution in [2.24, 2.45) is 5.73 Å². The summed E-state index contributed by atoms with van der Waals surface area (Å²) in [5.41, 5.74) is 5.77. The third-order valence-electron chi connectivity index (χ3n) is 2.02. The molecule has 0 spiro atoms. The molecule has 0 fully saturated rings. The number of anilines is 1. The number of nitrogens with one attached hydrogen (secondary N) is 1. The monoisotopic (exact) mass is 294 g/mol. The standard InChI is InChI=1S/C11H13F3N2O2S/c1-19-6-9(15)10(17)16-7-3-2-4-8(5-7)18-11(12,13)14/h2-5,9H,6,15H2,1H3,(H,16,17). The largest absolute Gasteiger partial charge is 0.573 e. The van der Waals surface area contributed by atoms with Crippen molar-refractivity contribution in [3.63, 3.8) is 0 Å². The summed E-state index contributed by atoms with van der Waals surface area (Å²) in [6.07, 6.45) is -2.97. The molecule has 1 aromatic carbocycles. The normalized spacial score (nSPS) is 12.9. The number of hydrogen-bond donors (Lipinski definition) is 2. The zero-order chi connectivity index (χ0) is 14.5. The Labute approximate surface area is 112 Å². The van der Waals surface area contributed by atoms with Gasteiger partial charge in [0.1, 0.15) is 5.75 Å². The van der Waals surface area contributed by atoms with Crippen molar-refractivity contribution >= 4 is 23.4 Å². The minimum absolute atomic E-state index is 0.198. The van der Waals surface area contributed by atoms with E-state index in [4.69, 9.17) is 5.73 Å². The fraction of sp³-hybridized carbons (Fsp3) is 0.364. The average Bonchev–Trinajstić information content (AvgIpc) is 2.27. The van der Waals surface area contributed by atoms with E-state index in [1.54, 1.807) is 6.26 Å². The first-order valence-electron chi connectivity index (χ1n) is 5.23. The lowest BCUT2D eigenvalue weighted by molar-refractivity contribution is -0.274. The predicted octanol–water partition coefficient (Wildman–Crippen LogP) is 2.21. The van der Waals surface area contributed by atoms with Crippen LogP contribution in [0.15, 0.2) is 24.3 Å². The van der Waals surface area contributed by atoms with Crippen LogP contribution in [0, 0.1) is 0 Å². The van der Waals surface area contributed by atoms with Crippen molar-refractivity contribution in [1.82, 2.24) is 0 Å². The fourth-order valence-corrected chi connectivity index (χ4v) is 1.77. The van der Waals surface area contributed by atoms with Crippen LogP contribution in [0.4, 0.5) is 18.9 Å². The Kier molecular flexibility index (Phi) is 5.49. The number of carbonyl (C=O) groups excluding carboxylic acids is 1. The van der Waals surface area contributed by atoms with Gasteiger partial charge in [-0.3, -0.25) is 4.79 Å². The van der Waals surface area contributed by atoms with Crippen molar-refractivity contribution in [3.8, 4) is 5.75 Å². The molecule has 19 heavy (non-hydrogen) atoms. The van der Waals surface area contributed by atoms with Crippen LogP contribution in [0.2, 0.25) is 0 Å². The number of halogens is 3. The van der Waals surface area contributed by atoms with Gasteiger partial charge in [-0.2, -0.15) is 11.8 Å². The van der Waals surface area contributed by atoms with Crippen LogP contribution in [0.1, 0.15) is 0 Å². The van der Waals surface area contributed by atoms with Gasteiger partial charge in [-0.05, 0) is 18.4 Å². The molecule has 106 valence electrons. The first-order chi connectivity index (χ1) is 8.81. The zero-order valence-corrected chi connectivity index (χ0v) is 10.8. The summed E-state index contributed by atoms with van der Waals surface area (Å²) in [7, 11) is 0. The maximum Gasteiger partial charge on any atom is 0.573 e. The van der Waals surface area contributed by atoms with Gasteiger partial charge in [-0.1, -0.05) is 6.07 Å². The van der Waals surface area contributed by atoms with Crippen molar-refractivity contribution in [2.75, 3.05) is 17.3 Å². The molecule has 0 bridgehead atoms. The summed E-state index contributed by atoms with van der Waals surface area (Å²) in [5.74, 6) is -0.438. The number of rotatable bonds is 5. The van der Waals surface area contributed by atoms with E-state index in [-0.39, 0.29) is 5.69 Å². The second-order valence-electron chi connectivity index (χ2n) is 3.63. The lowest BCUT2D eigenvalue weighted by atomic mass is 10.2. The van der Waals surface area contributed by atoms with Crippen LogP contribution in [-0.2, 0) is 4.79 Å². The summed E-state index contributed by atoms with van der Waals surface area (Å²) >= 11 is 1.40. The summed E-state index contributed by atoms with van der Waals surface area (Å²) < 4.78 is 39.8. The number of alkyl halides is 3. The number of carbonyl (C=O) groups is 1. The molecule has 0 aliphatic carbocycles. The van der Waals surface area contributed by atoms with Gasteiger partial charge in [-0.25, -0.2) is 0 Å². The second kappa shape index (κ2) is 6.67. The van der Waals surface area contributed by atoms with E-state index < -0.39 is 24.1 Å². The van der Waals surface area contributed by atoms with Crippen molar-refractivity contribution < 1.29 is 22.7 Å². The maximum atomic E-state index is 12.0. The molecule has 8 heteroatoms. The number of nitrogens with two attached hydrogens (primary N) is 1. The highest BCUT2D eigenvalue weighted by molar-refractivity contribution is 7.98. The fourth-order valence-electron chi connectivity index (χ4n) is 1.26. The third-order valence-corrected chi connectivity index (χ3v) is 2.71. The molecule has 1 rings (SSSR count). The number of hydrogen-bond acceptors (Lipinski definition) is 4. The number of ether oxygens (including phenoxy) is 1. The smallest absolute Gasteiger partial charge is 0.406 e. The zero-order valence-electron chi connectivity index (χ0n) is 10.0. The van der Waals surface area contributed by atoms with Crippen molar-refractivity contribution in [3.05, 3.63) is 24.3 Å². The Morgan fingerprint density at radius 1 is 1.53 bits per heavy atom. The highest BCUT2D eigenvalue weighted by Gasteiger charge is 2.31. The summed E-state index contributed by atoms with van der Waals surface area (Å²) in [6, 6.07) is 4.30. The summed E-state index contributed by atoms with van der Waals surface area (Å²) in [6.45, 7) is 0. The molecular weight excluding hydrogens is 281 g/mol. The minimum Gasteiger partial charge on any atom is -0.406 e. The van der Waals surface area contributed by atoms with Crippen LogP contribution in [0.25, 0.3) is 0 Å². The lowest BCUT2D eigenvalue weighted by Gasteiger charge is -2.13. The SMILES string of the molecule is CSCC(N)C(=O)Nc1cccc(OC(F)(F)F)c1. The third kappa shape index (κ3) is 5.84. The highest BCUT2D eigenvalue weighted by atomic mass is 32.2. The predicted molar refractivity (Wildman–Crippen MR) is 68.1 cm³/mol. The Balaban J connectivity index is 2.69. The highest BCUT2D eigenvalue weighted by Crippen LogP contribution is 2.25. The molecular formula is C11H13F3N2O2S. The van der Waals surface area contributed by atoms with E-state index >= 15 is 0 Å². The van der Waals surface area contributed by atoms with Gasteiger partial charge < -0.3 is 15.8 Å². The molecule has 1 aromatic rings. The van der Waals surface area contributed by atoms with Gasteiger partial charge in [0.15, 0.2) is 0 Å². The molecule has 0 heterocycles. The van der Waals surface area contributed by atoms with Gasteiger partial charge in [0, 0.05) is 17.5 Å². The Bertz CT molecular complexity index is 440. The van der Waals surface area contributed by atoms with E-state index in [0.717, 1.165) is 12.1 Å². The quantitative estimate of drug-likeness (QED) is 0.874. The van der Waals surface area contributed by atoms with Crippen LogP contribution in [-0.4, -0.2) is 30.3 Å². The lowest BCUT2D eigenvalue weighted by Crippen LogP contribution is -2.37. The molecule has 0 aliphatic heterocycles. The molecule has 1 amide bonds. The van der Waals surface area contributed by atoms with E-state index in [2.05, 4.69) is 10.1 Å². The van der Waals surface area contributed by atoms with E-state index in [1.807, 2.05) is 0 Å². The molecule has 3 N–H and O–H groups in total. The van der Waals surface area contributed by atoms with Crippen LogP contribution < -0.4 is 15.8 Å². The molecule has 0 aliphatic rings. The Morgan fingerprint density at radius 2 is 2.21 bits per heavy atom. The second-order valence-corrected chi connectivity index (χ2v) is 4.54. The number of benzene rings is 1. The van der Waals surface area contributed by atoms with Gasteiger partial charge in [-0.15, -0.1) is 13.2 Å². The van der Waals surface area contributed by atoms with Crippen molar-refractivity contribution in [2.45, 2.75) is 12.4 Å². The molecule has 0 aromatic heterocycles. The Hall–Kier alpha value is -1.41. The molecule has 1 unspecified atom stereocenters. The van der Waals surface area contributed by atoms with Gasteiger partial charge in [0.2, 0.25) is 5.91 Å². The average molecular weight is 294 g/mol. The first-order valence-corrected chi connectivity index (χ1v) is 6.62. The molecule has 0 saturated heterocycles. The van der Waals surface area contributed by atoms with Gasteiger partial charge in [0.05, 0.1) is 6.04 Å². The van der Waals surface area contributed by atoms with Crippen molar-refractivity contribution in [1.29, 1.82) is 0 Å². The summed E-state index contributed by atoms with van der Waals surface area (Å²) in [4.78, 5) is 11.6. The van der Waals surface area contributed by atoms with Crippen LogP contribution in [0.3, 0.4) is 0 Å². The molecule has 1 atom stereocenters. The van der Waals surface area contributed by atoms with Crippen LogP contribution >= 0.6 is 11.8 Å². The van der Waals surface area contributed by atoms with E-state index in [9.17, 15) is 18.0 Å². The topological polar surface area (TPSA) is 64.4 Å². The van der Waals surface area contributed by atoms with Gasteiger partial charge in [0.25, 0.3) is 0 Å². The molecule has 4 nitrogen and oxygen atoms in total. The number of amides is 1. The first kappa shape index (κ1) is 15.6.